The number of carboxylic acids is 1. The summed E-state index contributed by atoms with van der Waals surface area (Å²) in [5.74, 6) is -0.354. The zero-order valence-corrected chi connectivity index (χ0v) is 12.5. The molecule has 1 N–H and O–H groups in total. The standard InChI is InChI=1S/C15H26N2O3/c1-3-11-4-6-13(7-5-11)16(2)15(20)17-9-8-12(10-17)14(18)19/h11-13H,3-10H2,1-2H3,(H,18,19). The van der Waals surface area contributed by atoms with Gasteiger partial charge in [-0.05, 0) is 38.0 Å². The number of aliphatic carboxylic acids is 1. The Bertz CT molecular complexity index is 364. The Balaban J connectivity index is 1.85. The molecule has 1 unspecified atom stereocenters. The second kappa shape index (κ2) is 6.46. The average molecular weight is 282 g/mol. The highest BCUT2D eigenvalue weighted by molar-refractivity contribution is 5.77. The van der Waals surface area contributed by atoms with Crippen molar-refractivity contribution in [1.29, 1.82) is 0 Å². The molecule has 1 atom stereocenters. The summed E-state index contributed by atoms with van der Waals surface area (Å²) >= 11 is 0. The molecule has 0 aromatic carbocycles. The second-order valence-electron chi connectivity index (χ2n) is 6.25. The first-order chi connectivity index (χ1) is 9.52. The number of carbonyl (C=O) groups is 2. The van der Waals surface area contributed by atoms with Crippen LogP contribution in [0.15, 0.2) is 0 Å². The Labute approximate surface area is 120 Å². The lowest BCUT2D eigenvalue weighted by atomic mass is 9.84. The van der Waals surface area contributed by atoms with E-state index in [1.165, 1.54) is 19.3 Å². The van der Waals surface area contributed by atoms with Crippen molar-refractivity contribution < 1.29 is 14.7 Å². The van der Waals surface area contributed by atoms with Crippen molar-refractivity contribution in [3.63, 3.8) is 0 Å². The smallest absolute Gasteiger partial charge is 0.320 e. The first-order valence-electron chi connectivity index (χ1n) is 7.77. The zero-order valence-electron chi connectivity index (χ0n) is 12.5. The molecule has 2 fully saturated rings. The maximum Gasteiger partial charge on any atom is 0.320 e. The van der Waals surface area contributed by atoms with Gasteiger partial charge in [-0.25, -0.2) is 4.79 Å². The highest BCUT2D eigenvalue weighted by Gasteiger charge is 2.34. The lowest BCUT2D eigenvalue weighted by Crippen LogP contribution is -2.46. The molecule has 0 bridgehead atoms. The Hall–Kier alpha value is -1.26. The van der Waals surface area contributed by atoms with Crippen LogP contribution in [0.2, 0.25) is 0 Å². The fourth-order valence-electron chi connectivity index (χ4n) is 3.46. The van der Waals surface area contributed by atoms with Gasteiger partial charge in [-0.3, -0.25) is 4.79 Å². The fourth-order valence-corrected chi connectivity index (χ4v) is 3.46. The van der Waals surface area contributed by atoms with Crippen LogP contribution in [0.3, 0.4) is 0 Å². The Morgan fingerprint density at radius 1 is 1.20 bits per heavy atom. The average Bonchev–Trinajstić information content (AvgIpc) is 2.96. The molecular weight excluding hydrogens is 256 g/mol. The summed E-state index contributed by atoms with van der Waals surface area (Å²) in [6.45, 7) is 3.17. The molecule has 1 saturated heterocycles. The predicted molar refractivity (Wildman–Crippen MR) is 76.5 cm³/mol. The number of hydrogen-bond acceptors (Lipinski definition) is 2. The van der Waals surface area contributed by atoms with E-state index in [2.05, 4.69) is 6.92 Å². The summed E-state index contributed by atoms with van der Waals surface area (Å²) in [6.07, 6.45) is 6.38. The van der Waals surface area contributed by atoms with Gasteiger partial charge in [0.1, 0.15) is 0 Å². The molecule has 2 rings (SSSR count). The van der Waals surface area contributed by atoms with Crippen molar-refractivity contribution in [3.8, 4) is 0 Å². The number of carboxylic acid groups (broad SMARTS) is 1. The van der Waals surface area contributed by atoms with Gasteiger partial charge in [-0.2, -0.15) is 0 Å². The van der Waals surface area contributed by atoms with Crippen LogP contribution in [-0.4, -0.2) is 53.1 Å². The third-order valence-corrected chi connectivity index (χ3v) is 5.05. The van der Waals surface area contributed by atoms with Gasteiger partial charge in [0, 0.05) is 26.2 Å². The normalized spacial score (nSPS) is 30.3. The van der Waals surface area contributed by atoms with Crippen LogP contribution in [0, 0.1) is 11.8 Å². The largest absolute Gasteiger partial charge is 0.481 e. The van der Waals surface area contributed by atoms with Crippen LogP contribution in [0.4, 0.5) is 4.79 Å². The molecule has 20 heavy (non-hydrogen) atoms. The van der Waals surface area contributed by atoms with Gasteiger partial charge in [0.15, 0.2) is 0 Å². The first-order valence-corrected chi connectivity index (χ1v) is 7.77. The number of rotatable bonds is 3. The molecule has 0 radical (unpaired) electrons. The van der Waals surface area contributed by atoms with Crippen LogP contribution in [-0.2, 0) is 4.79 Å². The lowest BCUT2D eigenvalue weighted by Gasteiger charge is -2.36. The van der Waals surface area contributed by atoms with Crippen molar-refractivity contribution >= 4 is 12.0 Å². The molecule has 1 heterocycles. The predicted octanol–water partition coefficient (Wildman–Crippen LogP) is 2.41. The Kier molecular flexibility index (Phi) is 4.89. The van der Waals surface area contributed by atoms with Crippen molar-refractivity contribution in [1.82, 2.24) is 9.80 Å². The summed E-state index contributed by atoms with van der Waals surface area (Å²) in [7, 11) is 1.87. The van der Waals surface area contributed by atoms with E-state index < -0.39 is 5.97 Å². The summed E-state index contributed by atoms with van der Waals surface area (Å²) in [4.78, 5) is 26.9. The van der Waals surface area contributed by atoms with Crippen LogP contribution < -0.4 is 0 Å². The zero-order chi connectivity index (χ0) is 14.7. The number of nitrogens with zero attached hydrogens (tertiary/aromatic N) is 2. The van der Waals surface area contributed by atoms with E-state index in [0.717, 1.165) is 18.8 Å². The van der Waals surface area contributed by atoms with E-state index in [-0.39, 0.29) is 11.9 Å². The molecule has 1 aliphatic heterocycles. The SMILES string of the molecule is CCC1CCC(N(C)C(=O)N2CCC(C(=O)O)C2)CC1. The van der Waals surface area contributed by atoms with E-state index in [1.54, 1.807) is 4.90 Å². The topological polar surface area (TPSA) is 60.9 Å². The van der Waals surface area contributed by atoms with E-state index in [0.29, 0.717) is 25.6 Å². The molecule has 0 aromatic heterocycles. The van der Waals surface area contributed by atoms with Crippen LogP contribution in [0.25, 0.3) is 0 Å². The fraction of sp³-hybridized carbons (Fsp3) is 0.867. The van der Waals surface area contributed by atoms with Crippen molar-refractivity contribution in [3.05, 3.63) is 0 Å². The third kappa shape index (κ3) is 3.25. The molecule has 2 amide bonds. The van der Waals surface area contributed by atoms with Gasteiger partial charge < -0.3 is 14.9 Å². The number of amides is 2. The van der Waals surface area contributed by atoms with Crippen molar-refractivity contribution in [2.75, 3.05) is 20.1 Å². The number of urea groups is 1. The molecule has 1 saturated carbocycles. The molecule has 114 valence electrons. The van der Waals surface area contributed by atoms with Gasteiger partial charge in [0.25, 0.3) is 0 Å². The maximum absolute atomic E-state index is 12.4. The van der Waals surface area contributed by atoms with Crippen LogP contribution >= 0.6 is 0 Å². The van der Waals surface area contributed by atoms with E-state index in [4.69, 9.17) is 5.11 Å². The Morgan fingerprint density at radius 2 is 1.85 bits per heavy atom. The van der Waals surface area contributed by atoms with Crippen molar-refractivity contribution in [2.45, 2.75) is 51.5 Å². The van der Waals surface area contributed by atoms with Gasteiger partial charge in [-0.15, -0.1) is 0 Å². The number of likely N-dealkylation sites (tertiary alicyclic amines) is 1. The Morgan fingerprint density at radius 3 is 2.35 bits per heavy atom. The summed E-state index contributed by atoms with van der Waals surface area (Å²) in [5, 5.41) is 9.00. The molecule has 0 aromatic rings. The van der Waals surface area contributed by atoms with Gasteiger partial charge >= 0.3 is 12.0 Å². The minimum Gasteiger partial charge on any atom is -0.481 e. The highest BCUT2D eigenvalue weighted by atomic mass is 16.4. The second-order valence-corrected chi connectivity index (χ2v) is 6.25. The minimum atomic E-state index is -0.786. The van der Waals surface area contributed by atoms with Crippen LogP contribution in [0.5, 0.6) is 0 Å². The quantitative estimate of drug-likeness (QED) is 0.864. The van der Waals surface area contributed by atoms with E-state index in [9.17, 15) is 9.59 Å². The molecular formula is C15H26N2O3. The number of carbonyl (C=O) groups excluding carboxylic acids is 1. The summed E-state index contributed by atoms with van der Waals surface area (Å²) < 4.78 is 0. The molecule has 5 heteroatoms. The highest BCUT2D eigenvalue weighted by Crippen LogP contribution is 2.30. The van der Waals surface area contributed by atoms with E-state index >= 15 is 0 Å². The monoisotopic (exact) mass is 282 g/mol. The van der Waals surface area contributed by atoms with Gasteiger partial charge in [0.2, 0.25) is 0 Å². The maximum atomic E-state index is 12.4. The lowest BCUT2D eigenvalue weighted by molar-refractivity contribution is -0.141. The van der Waals surface area contributed by atoms with Crippen LogP contribution in [0.1, 0.15) is 45.4 Å². The van der Waals surface area contributed by atoms with Crippen molar-refractivity contribution in [2.24, 2.45) is 11.8 Å². The summed E-state index contributed by atoms with van der Waals surface area (Å²) in [5.41, 5.74) is 0. The molecule has 1 aliphatic carbocycles. The van der Waals surface area contributed by atoms with E-state index in [1.807, 2.05) is 11.9 Å². The molecule has 2 aliphatic rings. The number of hydrogen-bond donors (Lipinski definition) is 1. The first kappa shape index (κ1) is 15.1. The summed E-state index contributed by atoms with van der Waals surface area (Å²) in [6, 6.07) is 0.336. The molecule has 0 spiro atoms. The van der Waals surface area contributed by atoms with Gasteiger partial charge in [0.05, 0.1) is 5.92 Å². The minimum absolute atomic E-state index is 0.00805. The van der Waals surface area contributed by atoms with Gasteiger partial charge in [-0.1, -0.05) is 13.3 Å². The third-order valence-electron chi connectivity index (χ3n) is 5.05. The molecule has 5 nitrogen and oxygen atoms in total.